The van der Waals surface area contributed by atoms with Crippen molar-refractivity contribution in [2.24, 2.45) is 0 Å². The van der Waals surface area contributed by atoms with Gasteiger partial charge in [0.1, 0.15) is 0 Å². The molecule has 3 heteroatoms. The van der Waals surface area contributed by atoms with E-state index in [2.05, 4.69) is 89.7 Å². The first-order valence-electron chi connectivity index (χ1n) is 19.4. The molecule has 0 atom stereocenters. The van der Waals surface area contributed by atoms with Crippen molar-refractivity contribution in [3.8, 4) is 0 Å². The van der Waals surface area contributed by atoms with Crippen LogP contribution in [0.25, 0.3) is 16.9 Å². The third kappa shape index (κ3) is 13.4. The van der Waals surface area contributed by atoms with Crippen LogP contribution < -0.4 is 0 Å². The molecule has 47 heavy (non-hydrogen) atoms. The fourth-order valence-corrected chi connectivity index (χ4v) is 6.77. The van der Waals surface area contributed by atoms with Crippen molar-refractivity contribution in [2.45, 2.75) is 182 Å². The van der Waals surface area contributed by atoms with Crippen molar-refractivity contribution in [1.29, 1.82) is 0 Å². The Bertz CT molecular complexity index is 1220. The average molecular weight is 686 g/mol. The Labute approximate surface area is 297 Å². The van der Waals surface area contributed by atoms with E-state index in [1.807, 2.05) is 0 Å². The van der Waals surface area contributed by atoms with Crippen LogP contribution in [0.3, 0.4) is 0 Å². The van der Waals surface area contributed by atoms with Crippen molar-refractivity contribution >= 4 is 11.4 Å². The molecule has 0 saturated heterocycles. The Morgan fingerprint density at radius 3 is 1.04 bits per heavy atom. The first kappa shape index (κ1) is 41.2. The standard InChI is InChI=1S/C42H64N2.2CH3.Ni/c1-7-13-19-20-26-40-39(25-18-12-6)41(37-29-33(21-14-8-2)27-34(30-37)22-15-9-3)44(43)42(40)38-31-35(23-16-10-4)28-36(32-38)24-17-11-5;;;/h27-32H,7-26H2,1-6H3;2*1H3;. The fourth-order valence-electron chi connectivity index (χ4n) is 6.77. The maximum absolute atomic E-state index is 12.4. The van der Waals surface area contributed by atoms with Gasteiger partial charge in [0.15, 0.2) is 0 Å². The Morgan fingerprint density at radius 2 is 0.723 bits per heavy atom. The van der Waals surface area contributed by atoms with Gasteiger partial charge >= 0.3 is 26.2 Å². The van der Waals surface area contributed by atoms with Crippen LogP contribution in [0.15, 0.2) is 47.5 Å². The first-order valence-corrected chi connectivity index (χ1v) is 21.3. The number of rotatable bonds is 22. The van der Waals surface area contributed by atoms with E-state index < -0.39 is 0 Å². The van der Waals surface area contributed by atoms with Crippen LogP contribution in [0.1, 0.15) is 178 Å². The third-order valence-electron chi connectivity index (χ3n) is 9.35. The number of hydrogen-bond acceptors (Lipinski definition) is 0. The monoisotopic (exact) mass is 684 g/mol. The van der Waals surface area contributed by atoms with Crippen LogP contribution in [0.4, 0.5) is 0 Å². The summed E-state index contributed by atoms with van der Waals surface area (Å²) < 4.78 is 1.64. The molecule has 0 fully saturated rings. The van der Waals surface area contributed by atoms with Crippen LogP contribution >= 0.6 is 0 Å². The van der Waals surface area contributed by atoms with E-state index in [4.69, 9.17) is 0 Å². The first-order chi connectivity index (χ1) is 22.9. The number of benzene rings is 2. The molecule has 1 aliphatic heterocycles. The van der Waals surface area contributed by atoms with E-state index in [0.29, 0.717) is 0 Å². The molecule has 3 rings (SSSR count). The van der Waals surface area contributed by atoms with Crippen molar-refractivity contribution in [3.05, 3.63) is 86.5 Å². The van der Waals surface area contributed by atoms with E-state index in [9.17, 15) is 5.53 Å². The van der Waals surface area contributed by atoms with Gasteiger partial charge in [-0.2, -0.15) is 0 Å². The summed E-state index contributed by atoms with van der Waals surface area (Å²) in [6.07, 6.45) is 23.4. The predicted octanol–water partition coefficient (Wildman–Crippen LogP) is 14.6. The summed E-state index contributed by atoms with van der Waals surface area (Å²) in [7, 11) is 0. The van der Waals surface area contributed by atoms with Crippen molar-refractivity contribution in [3.63, 3.8) is 0 Å². The number of nitrogens with zero attached hydrogens (tertiary/aromatic N) is 2. The van der Waals surface area contributed by atoms with Crippen LogP contribution in [-0.2, 0) is 40.1 Å². The molecule has 0 spiro atoms. The number of hydrogen-bond donors (Lipinski definition) is 0. The number of allylic oxidation sites excluding steroid dienone is 2. The van der Waals surface area contributed by atoms with Crippen molar-refractivity contribution in [1.82, 2.24) is 0 Å². The topological polar surface area (TPSA) is 25.3 Å². The molecule has 0 unspecified atom stereocenters. The molecule has 1 heterocycles. The molecule has 2 aromatic carbocycles. The quantitative estimate of drug-likeness (QED) is 0.0670. The van der Waals surface area contributed by atoms with Gasteiger partial charge in [0.05, 0.1) is 0 Å². The van der Waals surface area contributed by atoms with Gasteiger partial charge in [0, 0.05) is 22.3 Å². The molecule has 266 valence electrons. The van der Waals surface area contributed by atoms with Gasteiger partial charge in [-0.15, -0.1) is 0 Å². The summed E-state index contributed by atoms with van der Waals surface area (Å²) in [5, 5.41) is 0. The fraction of sp³-hybridized carbons (Fsp3) is 0.636. The summed E-state index contributed by atoms with van der Waals surface area (Å²) in [4.78, 5) is 0. The van der Waals surface area contributed by atoms with E-state index in [-0.39, 0.29) is 0 Å². The minimum atomic E-state index is 1.03. The van der Waals surface area contributed by atoms with Crippen LogP contribution in [-0.4, -0.2) is 4.70 Å². The summed E-state index contributed by atoms with van der Waals surface area (Å²) in [6, 6.07) is 14.5. The van der Waals surface area contributed by atoms with Crippen LogP contribution in [0.2, 0.25) is 11.8 Å². The van der Waals surface area contributed by atoms with Crippen LogP contribution in [0.5, 0.6) is 0 Å². The summed E-state index contributed by atoms with van der Waals surface area (Å²) in [6.45, 7) is 13.7. The SMILES string of the molecule is CCCCCCC1=C(c2cc(CCCC)cc(CCCC)c2)[N+](=[N-])C(c2cc(CCCC)cc(CCCC)c2)=C1CCCC.[CH3][Ni][CH3]. The van der Waals surface area contributed by atoms with Crippen molar-refractivity contribution in [2.75, 3.05) is 0 Å². The average Bonchev–Trinajstić information content (AvgIpc) is 3.35. The number of aryl methyl sites for hydroxylation is 4. The van der Waals surface area contributed by atoms with E-state index in [0.717, 1.165) is 62.8 Å². The van der Waals surface area contributed by atoms with E-state index in [1.54, 1.807) is 19.1 Å². The molecule has 0 aliphatic carbocycles. The Hall–Kier alpha value is -1.99. The minimum absolute atomic E-state index is 1.03. The molecular formula is C44H70N2Ni. The molecule has 0 aromatic heterocycles. The number of unbranched alkanes of at least 4 members (excludes halogenated alkanes) is 8. The molecule has 0 amide bonds. The van der Waals surface area contributed by atoms with Crippen LogP contribution in [0, 0.1) is 0 Å². The Kier molecular flexibility index (Phi) is 21.2. The Morgan fingerprint density at radius 1 is 0.426 bits per heavy atom. The van der Waals surface area contributed by atoms with E-state index >= 15 is 0 Å². The van der Waals surface area contributed by atoms with Gasteiger partial charge in [-0.05, 0) is 124 Å². The molecular weight excluding hydrogens is 615 g/mol. The second-order valence-corrected chi connectivity index (χ2v) is 14.7. The third-order valence-corrected chi connectivity index (χ3v) is 9.35. The van der Waals surface area contributed by atoms with Gasteiger partial charge in [0.25, 0.3) is 0 Å². The molecule has 0 saturated carbocycles. The normalized spacial score (nSPS) is 13.1. The second-order valence-electron chi connectivity index (χ2n) is 13.7. The van der Waals surface area contributed by atoms with Gasteiger partial charge < -0.3 is 5.53 Å². The molecule has 2 aromatic rings. The van der Waals surface area contributed by atoms with E-state index in [1.165, 1.54) is 122 Å². The Balaban J connectivity index is 0.00000246. The summed E-state index contributed by atoms with van der Waals surface area (Å²) in [5.74, 6) is 4.12. The predicted molar refractivity (Wildman–Crippen MR) is 205 cm³/mol. The summed E-state index contributed by atoms with van der Waals surface area (Å²) >= 11 is 1.62. The van der Waals surface area contributed by atoms with Gasteiger partial charge in [-0.1, -0.05) is 105 Å². The molecule has 2 nitrogen and oxygen atoms in total. The zero-order chi connectivity index (χ0) is 34.4. The van der Waals surface area contributed by atoms with Gasteiger partial charge in [0.2, 0.25) is 11.4 Å². The maximum atomic E-state index is 12.4. The second kappa shape index (κ2) is 24.2. The molecule has 0 N–H and O–H groups in total. The summed E-state index contributed by atoms with van der Waals surface area (Å²) in [5.41, 5.74) is 25.4. The molecule has 1 aliphatic rings. The molecule has 0 bridgehead atoms. The zero-order valence-electron chi connectivity index (χ0n) is 31.8. The van der Waals surface area contributed by atoms with Gasteiger partial charge in [-0.25, -0.2) is 4.70 Å². The zero-order valence-corrected chi connectivity index (χ0v) is 32.8. The van der Waals surface area contributed by atoms with Gasteiger partial charge in [-0.3, -0.25) is 0 Å². The molecule has 0 radical (unpaired) electrons. The van der Waals surface area contributed by atoms with Crippen molar-refractivity contribution < 1.29 is 19.1 Å².